The molecule has 0 saturated carbocycles. The van der Waals surface area contributed by atoms with Crippen molar-refractivity contribution < 1.29 is 4.79 Å². The van der Waals surface area contributed by atoms with E-state index in [-0.39, 0.29) is 5.91 Å². The Morgan fingerprint density at radius 2 is 1.95 bits per heavy atom. The maximum Gasteiger partial charge on any atom is 0.258 e. The van der Waals surface area contributed by atoms with Gasteiger partial charge in [-0.3, -0.25) is 9.78 Å². The monoisotopic (exact) mass is 251 g/mol. The van der Waals surface area contributed by atoms with Gasteiger partial charge in [-0.25, -0.2) is 0 Å². The molecule has 0 aliphatic heterocycles. The number of aromatic amines is 1. The van der Waals surface area contributed by atoms with Crippen LogP contribution in [0, 0.1) is 0 Å². The highest BCUT2D eigenvalue weighted by atomic mass is 16.2. The molecule has 1 amide bonds. The number of pyridine rings is 1. The molecule has 0 radical (unpaired) electrons. The van der Waals surface area contributed by atoms with Gasteiger partial charge in [0, 0.05) is 47.8 Å². The molecule has 2 aromatic heterocycles. The highest BCUT2D eigenvalue weighted by molar-refractivity contribution is 6.07. The minimum absolute atomic E-state index is 0.0331. The minimum atomic E-state index is -0.0331. The van der Waals surface area contributed by atoms with Gasteiger partial charge in [0.2, 0.25) is 0 Å². The highest BCUT2D eigenvalue weighted by Crippen LogP contribution is 2.18. The van der Waals surface area contributed by atoms with Crippen molar-refractivity contribution in [2.45, 2.75) is 0 Å². The van der Waals surface area contributed by atoms with Crippen LogP contribution in [0.4, 0.5) is 5.69 Å². The number of hydrogen-bond acceptors (Lipinski definition) is 2. The van der Waals surface area contributed by atoms with Gasteiger partial charge >= 0.3 is 0 Å². The molecule has 4 heteroatoms. The first kappa shape index (κ1) is 11.5. The Morgan fingerprint density at radius 3 is 2.74 bits per heavy atom. The summed E-state index contributed by atoms with van der Waals surface area (Å²) < 4.78 is 0. The molecule has 3 rings (SSSR count). The van der Waals surface area contributed by atoms with Crippen molar-refractivity contribution in [1.29, 1.82) is 0 Å². The number of carbonyl (C=O) groups is 1. The van der Waals surface area contributed by atoms with E-state index in [2.05, 4.69) is 9.97 Å². The van der Waals surface area contributed by atoms with Crippen LogP contribution in [0.25, 0.3) is 10.9 Å². The molecule has 0 aliphatic rings. The van der Waals surface area contributed by atoms with Gasteiger partial charge in [0.15, 0.2) is 0 Å². The van der Waals surface area contributed by atoms with Gasteiger partial charge in [0.1, 0.15) is 0 Å². The summed E-state index contributed by atoms with van der Waals surface area (Å²) in [6, 6.07) is 11.2. The third-order valence-corrected chi connectivity index (χ3v) is 3.15. The van der Waals surface area contributed by atoms with E-state index in [0.29, 0.717) is 5.56 Å². The molecule has 0 atom stereocenters. The van der Waals surface area contributed by atoms with Crippen molar-refractivity contribution in [3.05, 3.63) is 60.6 Å². The molecule has 0 fully saturated rings. The van der Waals surface area contributed by atoms with E-state index >= 15 is 0 Å². The van der Waals surface area contributed by atoms with E-state index in [1.165, 1.54) is 0 Å². The molecular formula is C15H13N3O. The van der Waals surface area contributed by atoms with Crippen molar-refractivity contribution in [2.75, 3.05) is 11.9 Å². The summed E-state index contributed by atoms with van der Waals surface area (Å²) in [5.74, 6) is -0.0331. The van der Waals surface area contributed by atoms with E-state index in [1.807, 2.05) is 42.6 Å². The third kappa shape index (κ3) is 2.08. The van der Waals surface area contributed by atoms with Crippen molar-refractivity contribution >= 4 is 22.5 Å². The predicted octanol–water partition coefficient (Wildman–Crippen LogP) is 2.84. The molecule has 19 heavy (non-hydrogen) atoms. The predicted molar refractivity (Wildman–Crippen MR) is 75.3 cm³/mol. The number of nitrogens with zero attached hydrogens (tertiary/aromatic N) is 2. The fourth-order valence-electron chi connectivity index (χ4n) is 2.06. The second-order valence-corrected chi connectivity index (χ2v) is 4.35. The zero-order valence-corrected chi connectivity index (χ0v) is 10.5. The molecule has 3 aromatic rings. The van der Waals surface area contributed by atoms with E-state index < -0.39 is 0 Å². The van der Waals surface area contributed by atoms with Gasteiger partial charge in [0.05, 0.1) is 0 Å². The number of anilines is 1. The van der Waals surface area contributed by atoms with Crippen LogP contribution in [-0.4, -0.2) is 22.9 Å². The van der Waals surface area contributed by atoms with Crippen LogP contribution < -0.4 is 4.90 Å². The van der Waals surface area contributed by atoms with Crippen LogP contribution in [0.5, 0.6) is 0 Å². The maximum atomic E-state index is 12.4. The summed E-state index contributed by atoms with van der Waals surface area (Å²) in [6.45, 7) is 0. The first-order chi connectivity index (χ1) is 9.25. The van der Waals surface area contributed by atoms with Crippen LogP contribution in [0.1, 0.15) is 10.4 Å². The van der Waals surface area contributed by atoms with E-state index in [1.54, 1.807) is 24.3 Å². The fourth-order valence-corrected chi connectivity index (χ4v) is 2.06. The normalized spacial score (nSPS) is 10.6. The molecule has 94 valence electrons. The number of benzene rings is 1. The lowest BCUT2D eigenvalue weighted by atomic mass is 10.1. The average molecular weight is 251 g/mol. The van der Waals surface area contributed by atoms with Gasteiger partial charge in [-0.1, -0.05) is 0 Å². The van der Waals surface area contributed by atoms with Crippen molar-refractivity contribution in [2.24, 2.45) is 0 Å². The smallest absolute Gasteiger partial charge is 0.258 e. The van der Waals surface area contributed by atoms with Gasteiger partial charge in [0.25, 0.3) is 5.91 Å². The number of rotatable bonds is 2. The highest BCUT2D eigenvalue weighted by Gasteiger charge is 2.13. The molecular weight excluding hydrogens is 238 g/mol. The SMILES string of the molecule is CN(C(=O)c1ccc2[nH]ccc2c1)c1ccncc1. The summed E-state index contributed by atoms with van der Waals surface area (Å²) in [5.41, 5.74) is 2.53. The van der Waals surface area contributed by atoms with Crippen LogP contribution in [0.15, 0.2) is 55.0 Å². The Balaban J connectivity index is 1.95. The zero-order chi connectivity index (χ0) is 13.2. The topological polar surface area (TPSA) is 49.0 Å². The molecule has 0 bridgehead atoms. The number of amides is 1. The van der Waals surface area contributed by atoms with Crippen molar-refractivity contribution in [3.8, 4) is 0 Å². The number of nitrogens with one attached hydrogen (secondary N) is 1. The first-order valence-electron chi connectivity index (χ1n) is 6.01. The molecule has 4 nitrogen and oxygen atoms in total. The van der Waals surface area contributed by atoms with E-state index in [4.69, 9.17) is 0 Å². The summed E-state index contributed by atoms with van der Waals surface area (Å²) in [5, 5.41) is 1.04. The lowest BCUT2D eigenvalue weighted by molar-refractivity contribution is 0.0993. The Labute approximate surface area is 110 Å². The summed E-state index contributed by atoms with van der Waals surface area (Å²) in [7, 11) is 1.76. The number of fused-ring (bicyclic) bond motifs is 1. The Hall–Kier alpha value is -2.62. The summed E-state index contributed by atoms with van der Waals surface area (Å²) >= 11 is 0. The first-order valence-corrected chi connectivity index (χ1v) is 6.01. The van der Waals surface area contributed by atoms with Crippen LogP contribution in [0.2, 0.25) is 0 Å². The fraction of sp³-hybridized carbons (Fsp3) is 0.0667. The van der Waals surface area contributed by atoms with Crippen LogP contribution in [0.3, 0.4) is 0 Å². The Morgan fingerprint density at radius 1 is 1.16 bits per heavy atom. The summed E-state index contributed by atoms with van der Waals surface area (Å²) in [4.78, 5) is 21.1. The Bertz CT molecular complexity index is 718. The van der Waals surface area contributed by atoms with Crippen molar-refractivity contribution in [3.63, 3.8) is 0 Å². The van der Waals surface area contributed by atoms with E-state index in [0.717, 1.165) is 16.6 Å². The van der Waals surface area contributed by atoms with Gasteiger partial charge in [-0.15, -0.1) is 0 Å². The summed E-state index contributed by atoms with van der Waals surface area (Å²) in [6.07, 6.45) is 5.22. The maximum absolute atomic E-state index is 12.4. The second kappa shape index (κ2) is 4.57. The number of aromatic nitrogens is 2. The molecule has 0 unspecified atom stereocenters. The molecule has 2 heterocycles. The number of H-pyrrole nitrogens is 1. The van der Waals surface area contributed by atoms with Crippen LogP contribution in [-0.2, 0) is 0 Å². The average Bonchev–Trinajstić information content (AvgIpc) is 2.94. The van der Waals surface area contributed by atoms with Gasteiger partial charge in [-0.2, -0.15) is 0 Å². The van der Waals surface area contributed by atoms with Gasteiger partial charge < -0.3 is 9.88 Å². The quantitative estimate of drug-likeness (QED) is 0.761. The standard InChI is InChI=1S/C15H13N3O/c1-18(13-5-7-16-8-6-13)15(19)12-2-3-14-11(10-12)4-9-17-14/h2-10,17H,1H3. The molecule has 0 spiro atoms. The van der Waals surface area contributed by atoms with Crippen LogP contribution >= 0.6 is 0 Å². The molecule has 1 aromatic carbocycles. The van der Waals surface area contributed by atoms with Crippen molar-refractivity contribution in [1.82, 2.24) is 9.97 Å². The number of hydrogen-bond donors (Lipinski definition) is 1. The minimum Gasteiger partial charge on any atom is -0.361 e. The lowest BCUT2D eigenvalue weighted by Gasteiger charge is -2.17. The second-order valence-electron chi connectivity index (χ2n) is 4.35. The molecule has 0 saturated heterocycles. The molecule has 1 N–H and O–H groups in total. The largest absolute Gasteiger partial charge is 0.361 e. The van der Waals surface area contributed by atoms with Gasteiger partial charge in [-0.05, 0) is 36.4 Å². The van der Waals surface area contributed by atoms with E-state index in [9.17, 15) is 4.79 Å². The zero-order valence-electron chi connectivity index (χ0n) is 10.5. The molecule has 0 aliphatic carbocycles. The number of carbonyl (C=O) groups excluding carboxylic acids is 1. The third-order valence-electron chi connectivity index (χ3n) is 3.15. The Kier molecular flexibility index (Phi) is 2.76. The lowest BCUT2D eigenvalue weighted by Crippen LogP contribution is -2.26.